The Morgan fingerprint density at radius 3 is 2.22 bits per heavy atom. The summed E-state index contributed by atoms with van der Waals surface area (Å²) in [7, 11) is -0.674. The lowest BCUT2D eigenvalue weighted by Crippen LogP contribution is -2.37. The SMILES string of the molecule is CC(CCNC1CCC(C(C)(C)C)CC1)S(C)=O. The topological polar surface area (TPSA) is 29.1 Å². The Balaban J connectivity index is 2.18. The number of hydrogen-bond donors (Lipinski definition) is 1. The van der Waals surface area contributed by atoms with Crippen molar-refractivity contribution in [3.63, 3.8) is 0 Å². The summed E-state index contributed by atoms with van der Waals surface area (Å²) in [5.74, 6) is 0.887. The summed E-state index contributed by atoms with van der Waals surface area (Å²) in [6.07, 6.45) is 8.17. The van der Waals surface area contributed by atoms with Gasteiger partial charge in [0.15, 0.2) is 0 Å². The summed E-state index contributed by atoms with van der Waals surface area (Å²) in [6, 6.07) is 0.695. The minimum absolute atomic E-state index is 0.323. The van der Waals surface area contributed by atoms with E-state index in [2.05, 4.69) is 33.0 Å². The first-order valence-electron chi connectivity index (χ1n) is 7.36. The third-order valence-corrected chi connectivity index (χ3v) is 5.87. The van der Waals surface area contributed by atoms with Crippen molar-refractivity contribution in [2.75, 3.05) is 12.8 Å². The molecule has 0 bridgehead atoms. The summed E-state index contributed by atoms with van der Waals surface area (Å²) >= 11 is 0. The Morgan fingerprint density at radius 1 is 1.22 bits per heavy atom. The molecule has 0 aromatic carbocycles. The molecule has 0 aromatic heterocycles. The third kappa shape index (κ3) is 5.40. The van der Waals surface area contributed by atoms with Gasteiger partial charge in [0.2, 0.25) is 0 Å². The highest BCUT2D eigenvalue weighted by molar-refractivity contribution is 7.84. The van der Waals surface area contributed by atoms with Gasteiger partial charge in [-0.05, 0) is 50.0 Å². The van der Waals surface area contributed by atoms with Gasteiger partial charge in [-0.3, -0.25) is 4.21 Å². The van der Waals surface area contributed by atoms with Gasteiger partial charge in [0.05, 0.1) is 0 Å². The molecule has 0 heterocycles. The van der Waals surface area contributed by atoms with Crippen molar-refractivity contribution < 1.29 is 4.21 Å². The lowest BCUT2D eigenvalue weighted by Gasteiger charge is -2.37. The van der Waals surface area contributed by atoms with Gasteiger partial charge in [0, 0.05) is 28.3 Å². The van der Waals surface area contributed by atoms with Gasteiger partial charge in [0.1, 0.15) is 0 Å². The van der Waals surface area contributed by atoms with Crippen LogP contribution in [0.15, 0.2) is 0 Å². The fourth-order valence-corrected chi connectivity index (χ4v) is 3.27. The predicted octanol–water partition coefficient (Wildman–Crippen LogP) is 3.34. The van der Waals surface area contributed by atoms with E-state index >= 15 is 0 Å². The smallest absolute Gasteiger partial charge is 0.0329 e. The van der Waals surface area contributed by atoms with Crippen LogP contribution in [0.3, 0.4) is 0 Å². The molecular formula is C15H31NOS. The van der Waals surface area contributed by atoms with Gasteiger partial charge in [-0.25, -0.2) is 0 Å². The Morgan fingerprint density at radius 2 is 1.78 bits per heavy atom. The van der Waals surface area contributed by atoms with E-state index in [0.29, 0.717) is 16.7 Å². The van der Waals surface area contributed by atoms with E-state index in [1.807, 2.05) is 0 Å². The van der Waals surface area contributed by atoms with Crippen LogP contribution in [0.2, 0.25) is 0 Å². The summed E-state index contributed by atoms with van der Waals surface area (Å²) in [5.41, 5.74) is 0.471. The number of hydrogen-bond acceptors (Lipinski definition) is 2. The van der Waals surface area contributed by atoms with E-state index < -0.39 is 10.8 Å². The van der Waals surface area contributed by atoms with Crippen molar-refractivity contribution in [2.45, 2.75) is 71.1 Å². The normalized spacial score (nSPS) is 28.9. The summed E-state index contributed by atoms with van der Waals surface area (Å²) in [6.45, 7) is 10.2. The summed E-state index contributed by atoms with van der Waals surface area (Å²) in [4.78, 5) is 0. The monoisotopic (exact) mass is 273 g/mol. The molecule has 2 atom stereocenters. The molecule has 1 rings (SSSR count). The predicted molar refractivity (Wildman–Crippen MR) is 81.3 cm³/mol. The molecule has 0 radical (unpaired) electrons. The van der Waals surface area contributed by atoms with E-state index in [-0.39, 0.29) is 0 Å². The van der Waals surface area contributed by atoms with Crippen molar-refractivity contribution in [3.8, 4) is 0 Å². The Kier molecular flexibility index (Phi) is 6.32. The quantitative estimate of drug-likeness (QED) is 0.832. The van der Waals surface area contributed by atoms with Gasteiger partial charge in [-0.15, -0.1) is 0 Å². The van der Waals surface area contributed by atoms with Gasteiger partial charge in [-0.1, -0.05) is 27.7 Å². The average molecular weight is 273 g/mol. The summed E-state index contributed by atoms with van der Waals surface area (Å²) < 4.78 is 11.3. The second kappa shape index (κ2) is 7.04. The maximum Gasteiger partial charge on any atom is 0.0329 e. The zero-order valence-electron chi connectivity index (χ0n) is 12.8. The molecular weight excluding hydrogens is 242 g/mol. The van der Waals surface area contributed by atoms with E-state index in [4.69, 9.17) is 0 Å². The molecule has 1 fully saturated rings. The molecule has 2 unspecified atom stereocenters. The van der Waals surface area contributed by atoms with Crippen LogP contribution in [-0.4, -0.2) is 28.3 Å². The molecule has 0 saturated heterocycles. The van der Waals surface area contributed by atoms with Gasteiger partial charge < -0.3 is 5.32 Å². The highest BCUT2D eigenvalue weighted by Gasteiger charge is 2.29. The van der Waals surface area contributed by atoms with Crippen molar-refractivity contribution in [1.29, 1.82) is 0 Å². The second-order valence-electron chi connectivity index (χ2n) is 6.97. The van der Waals surface area contributed by atoms with E-state index in [1.54, 1.807) is 6.26 Å². The molecule has 2 nitrogen and oxygen atoms in total. The first kappa shape index (κ1) is 16.2. The largest absolute Gasteiger partial charge is 0.314 e. The second-order valence-corrected chi connectivity index (χ2v) is 8.77. The highest BCUT2D eigenvalue weighted by Crippen LogP contribution is 2.37. The fourth-order valence-electron chi connectivity index (χ4n) is 2.82. The first-order valence-corrected chi connectivity index (χ1v) is 8.98. The van der Waals surface area contributed by atoms with Crippen LogP contribution in [0.25, 0.3) is 0 Å². The zero-order chi connectivity index (χ0) is 13.8. The maximum atomic E-state index is 11.3. The summed E-state index contributed by atoms with van der Waals surface area (Å²) in [5, 5.41) is 3.97. The molecule has 0 amide bonds. The molecule has 0 aliphatic heterocycles. The Bertz CT molecular complexity index is 264. The zero-order valence-corrected chi connectivity index (χ0v) is 13.6. The Labute approximate surface area is 116 Å². The molecule has 1 saturated carbocycles. The minimum atomic E-state index is -0.674. The molecule has 0 spiro atoms. The number of nitrogens with one attached hydrogen (secondary N) is 1. The van der Waals surface area contributed by atoms with Gasteiger partial charge in [-0.2, -0.15) is 0 Å². The first-order chi connectivity index (χ1) is 8.30. The third-order valence-electron chi connectivity index (χ3n) is 4.50. The van der Waals surface area contributed by atoms with Crippen molar-refractivity contribution in [1.82, 2.24) is 5.32 Å². The van der Waals surface area contributed by atoms with Crippen LogP contribution in [0, 0.1) is 11.3 Å². The van der Waals surface area contributed by atoms with Crippen LogP contribution in [-0.2, 0) is 10.8 Å². The fraction of sp³-hybridized carbons (Fsp3) is 1.00. The maximum absolute atomic E-state index is 11.3. The molecule has 1 N–H and O–H groups in total. The average Bonchev–Trinajstić information content (AvgIpc) is 2.28. The molecule has 0 aromatic rings. The lowest BCUT2D eigenvalue weighted by atomic mass is 9.71. The molecule has 1 aliphatic carbocycles. The highest BCUT2D eigenvalue weighted by atomic mass is 32.2. The van der Waals surface area contributed by atoms with Crippen molar-refractivity contribution in [3.05, 3.63) is 0 Å². The molecule has 18 heavy (non-hydrogen) atoms. The van der Waals surface area contributed by atoms with Gasteiger partial charge in [0.25, 0.3) is 0 Å². The van der Waals surface area contributed by atoms with Crippen LogP contribution in [0.5, 0.6) is 0 Å². The Hall–Kier alpha value is 0.110. The van der Waals surface area contributed by atoms with Crippen LogP contribution >= 0.6 is 0 Å². The van der Waals surface area contributed by atoms with Gasteiger partial charge >= 0.3 is 0 Å². The van der Waals surface area contributed by atoms with Crippen LogP contribution in [0.1, 0.15) is 59.8 Å². The lowest BCUT2D eigenvalue weighted by molar-refractivity contribution is 0.160. The van der Waals surface area contributed by atoms with E-state index in [9.17, 15) is 4.21 Å². The number of rotatable bonds is 5. The minimum Gasteiger partial charge on any atom is -0.314 e. The molecule has 108 valence electrons. The molecule has 1 aliphatic rings. The molecule has 3 heteroatoms. The van der Waals surface area contributed by atoms with Crippen molar-refractivity contribution >= 4 is 10.8 Å². The van der Waals surface area contributed by atoms with E-state index in [1.165, 1.54) is 25.7 Å². The van der Waals surface area contributed by atoms with Crippen molar-refractivity contribution in [2.24, 2.45) is 11.3 Å². The standard InChI is InChI=1S/C15H31NOS/c1-12(18(5)17)10-11-16-14-8-6-13(7-9-14)15(2,3)4/h12-14,16H,6-11H2,1-5H3. The van der Waals surface area contributed by atoms with Crippen LogP contribution in [0.4, 0.5) is 0 Å². The van der Waals surface area contributed by atoms with Crippen LogP contribution < -0.4 is 5.32 Å². The van der Waals surface area contributed by atoms with E-state index in [0.717, 1.165) is 18.9 Å².